The highest BCUT2D eigenvalue weighted by molar-refractivity contribution is 4.88. The van der Waals surface area contributed by atoms with Crippen LogP contribution in [0.3, 0.4) is 0 Å². The van der Waals surface area contributed by atoms with Crippen molar-refractivity contribution in [1.82, 2.24) is 15.5 Å². The molecule has 0 spiro atoms. The molecule has 14 heavy (non-hydrogen) atoms. The third-order valence-electron chi connectivity index (χ3n) is 2.37. The lowest BCUT2D eigenvalue weighted by Crippen LogP contribution is -2.13. The molecule has 0 radical (unpaired) electrons. The number of hydrogen-bond acceptors (Lipinski definition) is 4. The maximum absolute atomic E-state index is 5.50. The molecule has 1 fully saturated rings. The summed E-state index contributed by atoms with van der Waals surface area (Å²) < 4.78 is 5.50. The molecule has 0 amide bonds. The second kappa shape index (κ2) is 4.55. The molecule has 0 saturated heterocycles. The fourth-order valence-corrected chi connectivity index (χ4v) is 1.38. The van der Waals surface area contributed by atoms with Gasteiger partial charge < -0.3 is 9.73 Å². The van der Waals surface area contributed by atoms with E-state index in [1.807, 2.05) is 0 Å². The number of hydrogen-bond donors (Lipinski definition) is 1. The van der Waals surface area contributed by atoms with Gasteiger partial charge >= 0.3 is 0 Å². The molecule has 0 atom stereocenters. The maximum Gasteiger partial charge on any atom is 0.230 e. The Labute approximate surface area is 84.1 Å². The van der Waals surface area contributed by atoms with E-state index in [0.29, 0.717) is 12.4 Å². The van der Waals surface area contributed by atoms with Crippen LogP contribution in [0, 0.1) is 5.92 Å². The van der Waals surface area contributed by atoms with Crippen LogP contribution in [0.1, 0.15) is 38.0 Å². The quantitative estimate of drug-likeness (QED) is 0.699. The Morgan fingerprint density at radius 1 is 1.36 bits per heavy atom. The summed E-state index contributed by atoms with van der Waals surface area (Å²) >= 11 is 0. The molecule has 0 aromatic carbocycles. The first kappa shape index (κ1) is 9.65. The Bertz CT molecular complexity index is 281. The maximum atomic E-state index is 5.50. The van der Waals surface area contributed by atoms with Gasteiger partial charge in [-0.1, -0.05) is 6.92 Å². The van der Waals surface area contributed by atoms with Crippen LogP contribution in [0.25, 0.3) is 0 Å². The molecule has 2 rings (SSSR count). The molecule has 4 nitrogen and oxygen atoms in total. The van der Waals surface area contributed by atoms with E-state index in [1.54, 1.807) is 0 Å². The van der Waals surface area contributed by atoms with E-state index in [1.165, 1.54) is 12.8 Å². The number of rotatable bonds is 6. The van der Waals surface area contributed by atoms with Crippen molar-refractivity contribution in [3.8, 4) is 0 Å². The largest absolute Gasteiger partial charge is 0.424 e. The lowest BCUT2D eigenvalue weighted by Gasteiger charge is -1.96. The van der Waals surface area contributed by atoms with Gasteiger partial charge in [-0.25, -0.2) is 0 Å². The molecule has 1 heterocycles. The summed E-state index contributed by atoms with van der Waals surface area (Å²) in [5.41, 5.74) is 0. The van der Waals surface area contributed by atoms with Crippen molar-refractivity contribution in [3.05, 3.63) is 11.8 Å². The highest BCUT2D eigenvalue weighted by Crippen LogP contribution is 2.32. The van der Waals surface area contributed by atoms with Gasteiger partial charge in [-0.2, -0.15) is 0 Å². The molecule has 1 aromatic rings. The Balaban J connectivity index is 1.76. The van der Waals surface area contributed by atoms with Crippen molar-refractivity contribution in [2.24, 2.45) is 5.92 Å². The molecule has 4 heteroatoms. The van der Waals surface area contributed by atoms with Gasteiger partial charge in [-0.05, 0) is 31.7 Å². The van der Waals surface area contributed by atoms with Crippen molar-refractivity contribution < 1.29 is 4.42 Å². The summed E-state index contributed by atoms with van der Waals surface area (Å²) in [6, 6.07) is 0. The second-order valence-corrected chi connectivity index (χ2v) is 3.91. The first-order valence-electron chi connectivity index (χ1n) is 5.40. The van der Waals surface area contributed by atoms with Gasteiger partial charge in [0.2, 0.25) is 11.8 Å². The zero-order chi connectivity index (χ0) is 9.80. The van der Waals surface area contributed by atoms with E-state index in [9.17, 15) is 0 Å². The average molecular weight is 195 g/mol. The average Bonchev–Trinajstić information content (AvgIpc) is 2.87. The molecule has 1 aromatic heterocycles. The summed E-state index contributed by atoms with van der Waals surface area (Å²) in [7, 11) is 0. The van der Waals surface area contributed by atoms with Gasteiger partial charge in [0, 0.05) is 6.42 Å². The summed E-state index contributed by atoms with van der Waals surface area (Å²) in [5.74, 6) is 2.33. The van der Waals surface area contributed by atoms with E-state index >= 15 is 0 Å². The molecule has 0 unspecified atom stereocenters. The minimum Gasteiger partial charge on any atom is -0.424 e. The van der Waals surface area contributed by atoms with E-state index in [2.05, 4.69) is 22.4 Å². The third kappa shape index (κ3) is 2.80. The summed E-state index contributed by atoms with van der Waals surface area (Å²) in [6.45, 7) is 3.84. The predicted molar refractivity (Wildman–Crippen MR) is 52.7 cm³/mol. The minimum atomic E-state index is 0.700. The van der Waals surface area contributed by atoms with Crippen LogP contribution in [0.5, 0.6) is 0 Å². The molecule has 78 valence electrons. The third-order valence-corrected chi connectivity index (χ3v) is 2.37. The van der Waals surface area contributed by atoms with Crippen LogP contribution in [0.4, 0.5) is 0 Å². The molecule has 1 N–H and O–H groups in total. The van der Waals surface area contributed by atoms with Crippen molar-refractivity contribution >= 4 is 0 Å². The van der Waals surface area contributed by atoms with Crippen LogP contribution < -0.4 is 5.32 Å². The highest BCUT2D eigenvalue weighted by Gasteiger charge is 2.24. The number of nitrogens with zero attached hydrogens (tertiary/aromatic N) is 2. The number of nitrogens with one attached hydrogen (secondary N) is 1. The fraction of sp³-hybridized carbons (Fsp3) is 0.800. The first-order chi connectivity index (χ1) is 6.88. The lowest BCUT2D eigenvalue weighted by molar-refractivity contribution is 0.426. The highest BCUT2D eigenvalue weighted by atomic mass is 16.4. The van der Waals surface area contributed by atoms with Gasteiger partial charge in [-0.15, -0.1) is 10.2 Å². The van der Waals surface area contributed by atoms with Crippen LogP contribution >= 0.6 is 0 Å². The first-order valence-corrected chi connectivity index (χ1v) is 5.40. The Morgan fingerprint density at radius 2 is 2.14 bits per heavy atom. The Kier molecular flexibility index (Phi) is 3.14. The summed E-state index contributed by atoms with van der Waals surface area (Å²) in [4.78, 5) is 0. The zero-order valence-corrected chi connectivity index (χ0v) is 8.62. The van der Waals surface area contributed by atoms with E-state index in [4.69, 9.17) is 4.42 Å². The van der Waals surface area contributed by atoms with Gasteiger partial charge in [-0.3, -0.25) is 0 Å². The Morgan fingerprint density at radius 3 is 2.86 bits per heavy atom. The zero-order valence-electron chi connectivity index (χ0n) is 8.62. The van der Waals surface area contributed by atoms with E-state index < -0.39 is 0 Å². The minimum absolute atomic E-state index is 0.700. The molecule has 0 aliphatic heterocycles. The van der Waals surface area contributed by atoms with Crippen molar-refractivity contribution in [2.45, 2.75) is 39.2 Å². The van der Waals surface area contributed by atoms with Crippen molar-refractivity contribution in [2.75, 3.05) is 6.54 Å². The Hall–Kier alpha value is -0.900. The monoisotopic (exact) mass is 195 g/mol. The van der Waals surface area contributed by atoms with Gasteiger partial charge in [0.15, 0.2) is 0 Å². The molecule has 0 bridgehead atoms. The normalized spacial score (nSPS) is 16.1. The van der Waals surface area contributed by atoms with Gasteiger partial charge in [0.1, 0.15) is 0 Å². The fourth-order valence-electron chi connectivity index (χ4n) is 1.38. The van der Waals surface area contributed by atoms with Gasteiger partial charge in [0.25, 0.3) is 0 Å². The summed E-state index contributed by atoms with van der Waals surface area (Å²) in [5, 5.41) is 11.2. The van der Waals surface area contributed by atoms with Crippen LogP contribution in [-0.2, 0) is 13.0 Å². The lowest BCUT2D eigenvalue weighted by atomic mass is 10.3. The summed E-state index contributed by atoms with van der Waals surface area (Å²) in [6.07, 6.45) is 4.75. The van der Waals surface area contributed by atoms with Crippen LogP contribution in [0.15, 0.2) is 4.42 Å². The smallest absolute Gasteiger partial charge is 0.230 e. The SMILES string of the molecule is CCCNCc1nnc(CC2CC2)o1. The predicted octanol–water partition coefficient (Wildman–Crippen LogP) is 1.52. The van der Waals surface area contributed by atoms with Crippen molar-refractivity contribution in [3.63, 3.8) is 0 Å². The molecular weight excluding hydrogens is 178 g/mol. The number of aromatic nitrogens is 2. The van der Waals surface area contributed by atoms with Crippen LogP contribution in [0.2, 0.25) is 0 Å². The topological polar surface area (TPSA) is 51.0 Å². The van der Waals surface area contributed by atoms with Crippen LogP contribution in [-0.4, -0.2) is 16.7 Å². The molecule has 1 saturated carbocycles. The van der Waals surface area contributed by atoms with E-state index in [-0.39, 0.29) is 0 Å². The van der Waals surface area contributed by atoms with Gasteiger partial charge in [0.05, 0.1) is 6.54 Å². The molecule has 1 aliphatic rings. The molecular formula is C10H17N3O. The standard InChI is InChI=1S/C10H17N3O/c1-2-5-11-7-10-13-12-9(14-10)6-8-3-4-8/h8,11H,2-7H2,1H3. The van der Waals surface area contributed by atoms with Crippen molar-refractivity contribution in [1.29, 1.82) is 0 Å². The second-order valence-electron chi connectivity index (χ2n) is 3.91. The molecule has 1 aliphatic carbocycles. The van der Waals surface area contributed by atoms with E-state index in [0.717, 1.165) is 31.2 Å².